The van der Waals surface area contributed by atoms with Crippen LogP contribution < -0.4 is 5.01 Å². The number of rotatable bonds is 3. The molecule has 2 unspecified atom stereocenters. The topological polar surface area (TPSA) is 76.7 Å². The molecular weight excluding hydrogens is 393 g/mol. The van der Waals surface area contributed by atoms with Gasteiger partial charge < -0.3 is 5.11 Å². The summed E-state index contributed by atoms with van der Waals surface area (Å²) in [5.74, 6) is -0.882. The summed E-state index contributed by atoms with van der Waals surface area (Å²) >= 11 is 0. The zero-order valence-electron chi connectivity index (χ0n) is 16.6. The third-order valence-corrected chi connectivity index (χ3v) is 6.46. The minimum Gasteiger partial charge on any atom is -0.478 e. The average Bonchev–Trinajstić information content (AvgIpc) is 3.19. The summed E-state index contributed by atoms with van der Waals surface area (Å²) in [5.41, 5.74) is 3.79. The Balaban J connectivity index is 1.56. The molecule has 1 fully saturated rings. The van der Waals surface area contributed by atoms with E-state index in [1.807, 2.05) is 29.3 Å². The van der Waals surface area contributed by atoms with Crippen molar-refractivity contribution in [3.8, 4) is 6.07 Å². The molecule has 0 spiro atoms. The third kappa shape index (κ3) is 3.32. The van der Waals surface area contributed by atoms with Gasteiger partial charge in [0, 0.05) is 11.8 Å². The van der Waals surface area contributed by atoms with Gasteiger partial charge in [-0.05, 0) is 60.7 Å². The Bertz CT molecular complexity index is 1160. The second-order valence-corrected chi connectivity index (χ2v) is 8.18. The molecule has 3 aliphatic rings. The van der Waals surface area contributed by atoms with Crippen molar-refractivity contribution in [1.82, 2.24) is 0 Å². The van der Waals surface area contributed by atoms with Crippen LogP contribution in [-0.4, -0.2) is 16.8 Å². The Kier molecular flexibility index (Phi) is 4.67. The molecule has 0 saturated heterocycles. The lowest BCUT2D eigenvalue weighted by molar-refractivity contribution is -0.132. The molecule has 6 heteroatoms. The number of allylic oxidation sites excluding steroid dienone is 2. The number of carboxylic acid groups (broad SMARTS) is 1. The van der Waals surface area contributed by atoms with Crippen LogP contribution in [0.25, 0.3) is 0 Å². The molecule has 5 nitrogen and oxygen atoms in total. The largest absolute Gasteiger partial charge is 0.478 e. The number of carbonyl (C=O) groups is 1. The maximum atomic E-state index is 13.6. The van der Waals surface area contributed by atoms with Gasteiger partial charge in [0.15, 0.2) is 0 Å². The van der Waals surface area contributed by atoms with Gasteiger partial charge in [-0.3, -0.25) is 5.01 Å². The van der Waals surface area contributed by atoms with E-state index in [2.05, 4.69) is 6.07 Å². The van der Waals surface area contributed by atoms with Gasteiger partial charge in [-0.1, -0.05) is 30.4 Å². The van der Waals surface area contributed by atoms with E-state index in [0.29, 0.717) is 11.1 Å². The van der Waals surface area contributed by atoms with Crippen molar-refractivity contribution in [2.24, 2.45) is 22.9 Å². The number of nitrogens with zero attached hydrogens (tertiary/aromatic N) is 3. The van der Waals surface area contributed by atoms with Crippen LogP contribution >= 0.6 is 0 Å². The lowest BCUT2D eigenvalue weighted by Crippen LogP contribution is -2.35. The summed E-state index contributed by atoms with van der Waals surface area (Å²) in [6.45, 7) is 0. The standard InChI is InChI=1S/C25H20FN3O2/c26-19-7-3-16(4-8-19)24-22-12-5-17-13-18(25(30)31)6-11-21(17)23(22)28-29(24)20-9-1-15(14-27)2-10-20/h1-4,6-11,13,17,21-22,24H,5,12H2,(H,30,31)/t17?,21?,22-,24-/m0/s1. The number of hydrazone groups is 1. The van der Waals surface area contributed by atoms with Crippen LogP contribution in [0.2, 0.25) is 0 Å². The predicted molar refractivity (Wildman–Crippen MR) is 115 cm³/mol. The molecule has 1 N–H and O–H groups in total. The Morgan fingerprint density at radius 1 is 1.13 bits per heavy atom. The van der Waals surface area contributed by atoms with Crippen LogP contribution in [0, 0.1) is 34.9 Å². The van der Waals surface area contributed by atoms with Crippen LogP contribution in [0.1, 0.15) is 30.0 Å². The predicted octanol–water partition coefficient (Wildman–Crippen LogP) is 4.84. The Morgan fingerprint density at radius 3 is 2.55 bits per heavy atom. The molecule has 0 aromatic heterocycles. The van der Waals surface area contributed by atoms with Crippen LogP contribution in [-0.2, 0) is 4.79 Å². The van der Waals surface area contributed by atoms with Crippen LogP contribution in [0.5, 0.6) is 0 Å². The molecule has 1 heterocycles. The van der Waals surface area contributed by atoms with E-state index in [4.69, 9.17) is 10.4 Å². The lowest BCUT2D eigenvalue weighted by atomic mass is 9.68. The van der Waals surface area contributed by atoms with Gasteiger partial charge in [0.25, 0.3) is 0 Å². The maximum Gasteiger partial charge on any atom is 0.335 e. The fraction of sp³-hybridized carbons (Fsp3) is 0.240. The number of hydrogen-bond donors (Lipinski definition) is 1. The zero-order valence-corrected chi connectivity index (χ0v) is 16.6. The first-order chi connectivity index (χ1) is 15.0. The molecule has 2 aliphatic carbocycles. The van der Waals surface area contributed by atoms with Gasteiger partial charge >= 0.3 is 5.97 Å². The maximum absolute atomic E-state index is 13.6. The number of anilines is 1. The van der Waals surface area contributed by atoms with Gasteiger partial charge in [0.2, 0.25) is 0 Å². The van der Waals surface area contributed by atoms with E-state index in [1.54, 1.807) is 30.3 Å². The number of nitriles is 1. The Hall–Kier alpha value is -3.72. The number of benzene rings is 2. The number of fused-ring (bicyclic) bond motifs is 3. The highest BCUT2D eigenvalue weighted by molar-refractivity contribution is 5.97. The van der Waals surface area contributed by atoms with Crippen LogP contribution in [0.15, 0.2) is 77.4 Å². The second-order valence-electron chi connectivity index (χ2n) is 8.18. The van der Waals surface area contributed by atoms with Gasteiger partial charge in [0.05, 0.1) is 34.6 Å². The summed E-state index contributed by atoms with van der Waals surface area (Å²) < 4.78 is 13.6. The minimum absolute atomic E-state index is 0.0492. The van der Waals surface area contributed by atoms with E-state index in [-0.39, 0.29) is 29.6 Å². The molecule has 0 bridgehead atoms. The molecule has 31 heavy (non-hydrogen) atoms. The molecule has 4 atom stereocenters. The van der Waals surface area contributed by atoms with E-state index >= 15 is 0 Å². The minimum atomic E-state index is -0.909. The van der Waals surface area contributed by atoms with Crippen LogP contribution in [0.4, 0.5) is 10.1 Å². The number of carboxylic acids is 1. The molecule has 5 rings (SSSR count). The van der Waals surface area contributed by atoms with E-state index < -0.39 is 5.97 Å². The first-order valence-electron chi connectivity index (χ1n) is 10.3. The smallest absolute Gasteiger partial charge is 0.335 e. The first kappa shape index (κ1) is 19.3. The summed E-state index contributed by atoms with van der Waals surface area (Å²) in [6.07, 6.45) is 7.22. The van der Waals surface area contributed by atoms with Crippen molar-refractivity contribution in [2.45, 2.75) is 18.9 Å². The van der Waals surface area contributed by atoms with Crippen molar-refractivity contribution in [2.75, 3.05) is 5.01 Å². The molecule has 1 saturated carbocycles. The molecule has 2 aromatic carbocycles. The SMILES string of the molecule is N#Cc1ccc(N2N=C3C4C=CC(C(=O)O)=CC4CC[C@@H]3[C@@H]2c2ccc(F)cc2)cc1. The molecule has 1 aliphatic heterocycles. The Labute approximate surface area is 179 Å². The highest BCUT2D eigenvalue weighted by atomic mass is 19.1. The van der Waals surface area contributed by atoms with Crippen molar-refractivity contribution in [3.63, 3.8) is 0 Å². The molecule has 154 valence electrons. The van der Waals surface area contributed by atoms with Gasteiger partial charge in [-0.25, -0.2) is 9.18 Å². The first-order valence-corrected chi connectivity index (χ1v) is 10.3. The Morgan fingerprint density at radius 2 is 1.87 bits per heavy atom. The van der Waals surface area contributed by atoms with Crippen molar-refractivity contribution >= 4 is 17.4 Å². The van der Waals surface area contributed by atoms with Crippen molar-refractivity contribution in [1.29, 1.82) is 5.26 Å². The second kappa shape index (κ2) is 7.51. The molecule has 0 radical (unpaired) electrons. The summed E-state index contributed by atoms with van der Waals surface area (Å²) in [5, 5.41) is 25.5. The highest BCUT2D eigenvalue weighted by Gasteiger charge is 2.46. The van der Waals surface area contributed by atoms with E-state index in [9.17, 15) is 14.3 Å². The molecule has 0 amide bonds. The highest BCUT2D eigenvalue weighted by Crippen LogP contribution is 2.49. The zero-order chi connectivity index (χ0) is 21.5. The fourth-order valence-electron chi connectivity index (χ4n) is 4.99. The fourth-order valence-corrected chi connectivity index (χ4v) is 4.99. The number of hydrogen-bond acceptors (Lipinski definition) is 4. The van der Waals surface area contributed by atoms with Crippen molar-refractivity contribution < 1.29 is 14.3 Å². The summed E-state index contributed by atoms with van der Waals surface area (Å²) in [7, 11) is 0. The van der Waals surface area contributed by atoms with Crippen LogP contribution in [0.3, 0.4) is 0 Å². The quantitative estimate of drug-likeness (QED) is 0.781. The number of aliphatic carboxylic acids is 1. The van der Waals surface area contributed by atoms with Crippen molar-refractivity contribution in [3.05, 3.63) is 89.3 Å². The molecular formula is C25H20FN3O2. The molecule has 2 aromatic rings. The summed E-state index contributed by atoms with van der Waals surface area (Å²) in [6, 6.07) is 15.9. The summed E-state index contributed by atoms with van der Waals surface area (Å²) in [4.78, 5) is 11.4. The monoisotopic (exact) mass is 413 g/mol. The van der Waals surface area contributed by atoms with E-state index in [0.717, 1.165) is 29.8 Å². The van der Waals surface area contributed by atoms with E-state index in [1.165, 1.54) is 12.1 Å². The van der Waals surface area contributed by atoms with Gasteiger partial charge in [-0.15, -0.1) is 0 Å². The average molecular weight is 413 g/mol. The third-order valence-electron chi connectivity index (χ3n) is 6.46. The van der Waals surface area contributed by atoms with Gasteiger partial charge in [0.1, 0.15) is 5.82 Å². The lowest BCUT2D eigenvalue weighted by Gasteiger charge is -2.36. The number of halogens is 1. The normalized spacial score (nSPS) is 26.4. The van der Waals surface area contributed by atoms with Gasteiger partial charge in [-0.2, -0.15) is 10.4 Å².